The zero-order valence-electron chi connectivity index (χ0n) is 26.0. The summed E-state index contributed by atoms with van der Waals surface area (Å²) in [6.07, 6.45) is -4.73. The number of aryl methyl sites for hydroxylation is 2. The number of aromatic nitrogens is 4. The van der Waals surface area contributed by atoms with E-state index in [1.165, 1.54) is 29.2 Å². The van der Waals surface area contributed by atoms with E-state index < -0.39 is 34.2 Å². The summed E-state index contributed by atoms with van der Waals surface area (Å²) >= 11 is 0. The summed E-state index contributed by atoms with van der Waals surface area (Å²) in [6, 6.07) is 13.2. The van der Waals surface area contributed by atoms with E-state index in [1.54, 1.807) is 6.07 Å². The van der Waals surface area contributed by atoms with E-state index in [1.807, 2.05) is 52.8 Å². The quantitative estimate of drug-likeness (QED) is 0.269. The molecule has 0 spiro atoms. The molecule has 1 aliphatic rings. The molecule has 0 fully saturated rings. The van der Waals surface area contributed by atoms with Gasteiger partial charge < -0.3 is 9.84 Å². The number of anilines is 1. The van der Waals surface area contributed by atoms with Crippen LogP contribution in [0.3, 0.4) is 0 Å². The molecule has 0 aliphatic carbocycles. The molecule has 3 heterocycles. The maximum absolute atomic E-state index is 13.6. The SMILES string of the molecule is Cc1cccc(C)c1-c1cc2nc(n1)NS(=O)(=O)c1cccc(c1)C(O)N(Cc1nccc(C(F)(F)F)n1)[C@H](CC(C)(C)C)CO2. The molecule has 2 N–H and O–H groups in total. The number of nitrogens with zero attached hydrogens (tertiary/aromatic N) is 5. The third kappa shape index (κ3) is 7.62. The number of nitrogens with one attached hydrogen (secondary N) is 1. The van der Waals surface area contributed by atoms with Gasteiger partial charge in [-0.05, 0) is 60.6 Å². The van der Waals surface area contributed by atoms with Gasteiger partial charge in [-0.3, -0.25) is 4.90 Å². The summed E-state index contributed by atoms with van der Waals surface area (Å²) in [4.78, 5) is 18.0. The molecule has 0 radical (unpaired) electrons. The lowest BCUT2D eigenvalue weighted by Gasteiger charge is -2.38. The van der Waals surface area contributed by atoms with Crippen LogP contribution in [0.4, 0.5) is 19.1 Å². The van der Waals surface area contributed by atoms with Crippen LogP contribution in [0.15, 0.2) is 65.7 Å². The van der Waals surface area contributed by atoms with E-state index in [-0.39, 0.29) is 46.7 Å². The monoisotopic (exact) mass is 656 g/mol. The van der Waals surface area contributed by atoms with Crippen molar-refractivity contribution in [1.29, 1.82) is 0 Å². The molecule has 2 atom stereocenters. The van der Waals surface area contributed by atoms with Crippen LogP contribution in [0.2, 0.25) is 0 Å². The van der Waals surface area contributed by atoms with Crippen LogP contribution in [-0.4, -0.2) is 51.0 Å². The second-order valence-corrected chi connectivity index (χ2v) is 14.2. The van der Waals surface area contributed by atoms with Gasteiger partial charge in [0.2, 0.25) is 11.8 Å². The molecule has 1 unspecified atom stereocenters. The summed E-state index contributed by atoms with van der Waals surface area (Å²) in [5, 5.41) is 11.8. The maximum Gasteiger partial charge on any atom is 0.433 e. The number of alkyl halides is 3. The number of ether oxygens (including phenoxy) is 1. The average molecular weight is 657 g/mol. The van der Waals surface area contributed by atoms with Gasteiger partial charge in [-0.25, -0.2) is 28.1 Å². The number of fused-ring (bicyclic) bond motifs is 4. The van der Waals surface area contributed by atoms with Gasteiger partial charge in [0.25, 0.3) is 10.0 Å². The Labute approximate surface area is 265 Å². The first-order valence-corrected chi connectivity index (χ1v) is 16.0. The fraction of sp³-hybridized carbons (Fsp3) is 0.375. The van der Waals surface area contributed by atoms with Crippen molar-refractivity contribution in [3.8, 4) is 17.1 Å². The predicted molar refractivity (Wildman–Crippen MR) is 165 cm³/mol. The molecule has 5 rings (SSSR count). The minimum Gasteiger partial charge on any atom is -0.476 e. The summed E-state index contributed by atoms with van der Waals surface area (Å²) in [7, 11) is -4.25. The van der Waals surface area contributed by atoms with Crippen molar-refractivity contribution in [3.63, 3.8) is 0 Å². The summed E-state index contributed by atoms with van der Waals surface area (Å²) in [5.74, 6) is -0.314. The van der Waals surface area contributed by atoms with Gasteiger partial charge >= 0.3 is 6.18 Å². The Balaban J connectivity index is 1.67. The van der Waals surface area contributed by atoms with Crippen molar-refractivity contribution < 1.29 is 31.4 Å². The molecule has 244 valence electrons. The van der Waals surface area contributed by atoms with Crippen LogP contribution in [0.1, 0.15) is 61.6 Å². The highest BCUT2D eigenvalue weighted by Gasteiger charge is 2.35. The number of hydrogen-bond donors (Lipinski definition) is 2. The maximum atomic E-state index is 13.6. The van der Waals surface area contributed by atoms with Crippen molar-refractivity contribution in [2.75, 3.05) is 11.3 Å². The first kappa shape index (κ1) is 33.2. The second kappa shape index (κ2) is 12.6. The number of aliphatic hydroxyl groups is 1. The summed E-state index contributed by atoms with van der Waals surface area (Å²) in [5.41, 5.74) is 1.77. The van der Waals surface area contributed by atoms with Gasteiger partial charge in [-0.1, -0.05) is 51.1 Å². The topological polar surface area (TPSA) is 130 Å². The molecular weight excluding hydrogens is 621 g/mol. The number of sulfonamides is 1. The van der Waals surface area contributed by atoms with Gasteiger partial charge in [-0.2, -0.15) is 18.2 Å². The minimum atomic E-state index is -4.70. The Hall–Kier alpha value is -4.14. The minimum absolute atomic E-state index is 0.0671. The van der Waals surface area contributed by atoms with E-state index in [2.05, 4.69) is 24.7 Å². The van der Waals surface area contributed by atoms with Gasteiger partial charge in [0.15, 0.2) is 0 Å². The highest BCUT2D eigenvalue weighted by Crippen LogP contribution is 2.34. The van der Waals surface area contributed by atoms with Crippen LogP contribution >= 0.6 is 0 Å². The van der Waals surface area contributed by atoms with Crippen molar-refractivity contribution >= 4 is 16.0 Å². The van der Waals surface area contributed by atoms with Crippen LogP contribution in [0.25, 0.3) is 11.3 Å². The number of halogens is 3. The fourth-order valence-corrected chi connectivity index (χ4v) is 6.47. The Morgan fingerprint density at radius 2 is 1.70 bits per heavy atom. The molecule has 4 bridgehead atoms. The normalized spacial score (nSPS) is 18.8. The smallest absolute Gasteiger partial charge is 0.433 e. The van der Waals surface area contributed by atoms with Crippen molar-refractivity contribution in [1.82, 2.24) is 24.8 Å². The van der Waals surface area contributed by atoms with E-state index in [9.17, 15) is 26.7 Å². The lowest BCUT2D eigenvalue weighted by Crippen LogP contribution is -2.44. The first-order valence-electron chi connectivity index (χ1n) is 14.5. The highest BCUT2D eigenvalue weighted by molar-refractivity contribution is 7.92. The van der Waals surface area contributed by atoms with E-state index >= 15 is 0 Å². The van der Waals surface area contributed by atoms with Crippen molar-refractivity contribution in [3.05, 3.63) is 89.0 Å². The fourth-order valence-electron chi connectivity index (χ4n) is 5.48. The molecule has 14 heteroatoms. The van der Waals surface area contributed by atoms with Gasteiger partial charge in [0, 0.05) is 23.9 Å². The molecule has 0 saturated carbocycles. The Bertz CT molecular complexity index is 1830. The van der Waals surface area contributed by atoms with Gasteiger partial charge in [-0.15, -0.1) is 0 Å². The Morgan fingerprint density at radius 1 is 1.00 bits per heavy atom. The molecule has 2 aromatic heterocycles. The first-order chi connectivity index (χ1) is 21.5. The molecular formula is C32H35F3N6O4S. The van der Waals surface area contributed by atoms with Crippen molar-refractivity contribution in [2.45, 2.75) is 70.9 Å². The molecule has 0 amide bonds. The van der Waals surface area contributed by atoms with E-state index in [4.69, 9.17) is 4.74 Å². The third-order valence-corrected chi connectivity index (χ3v) is 8.83. The lowest BCUT2D eigenvalue weighted by atomic mass is 9.87. The number of aliphatic hydroxyl groups excluding tert-OH is 1. The standard InChI is InChI=1S/C32H35F3N6O4S/c1-19-8-6-9-20(2)28(19)24-15-27-39-30(37-24)40-46(43,44)23-11-7-10-21(14-23)29(42)41(22(18-45-27)16-31(3,4)5)17-26-36-13-12-25(38-26)32(33,34)35/h6-15,22,29,42H,16-18H2,1-5H3,(H,37,39,40)/t22-,29?/m1/s1. The molecule has 46 heavy (non-hydrogen) atoms. The van der Waals surface area contributed by atoms with E-state index in [0.29, 0.717) is 12.1 Å². The molecule has 4 aromatic rings. The van der Waals surface area contributed by atoms with Crippen LogP contribution in [-0.2, 0) is 22.7 Å². The summed E-state index contributed by atoms with van der Waals surface area (Å²) < 4.78 is 76.4. The third-order valence-electron chi connectivity index (χ3n) is 7.51. The van der Waals surface area contributed by atoms with Crippen molar-refractivity contribution in [2.24, 2.45) is 5.41 Å². The van der Waals surface area contributed by atoms with Crippen LogP contribution in [0, 0.1) is 19.3 Å². The van der Waals surface area contributed by atoms with Gasteiger partial charge in [0.1, 0.15) is 24.4 Å². The predicted octanol–water partition coefficient (Wildman–Crippen LogP) is 6.06. The number of benzene rings is 2. The Morgan fingerprint density at radius 3 is 2.37 bits per heavy atom. The highest BCUT2D eigenvalue weighted by atomic mass is 32.2. The zero-order valence-corrected chi connectivity index (χ0v) is 26.8. The number of hydrogen-bond acceptors (Lipinski definition) is 9. The average Bonchev–Trinajstić information content (AvgIpc) is 2.96. The lowest BCUT2D eigenvalue weighted by molar-refractivity contribution is -0.141. The summed E-state index contributed by atoms with van der Waals surface area (Å²) in [6.45, 7) is 9.42. The molecule has 2 aromatic carbocycles. The van der Waals surface area contributed by atoms with Crippen LogP contribution < -0.4 is 9.46 Å². The van der Waals surface area contributed by atoms with E-state index in [0.717, 1.165) is 29.0 Å². The molecule has 1 aliphatic heterocycles. The zero-order chi connectivity index (χ0) is 33.4. The largest absolute Gasteiger partial charge is 0.476 e. The Kier molecular flexibility index (Phi) is 9.08. The second-order valence-electron chi connectivity index (χ2n) is 12.5. The number of rotatable bonds is 4. The van der Waals surface area contributed by atoms with Crippen LogP contribution in [0.5, 0.6) is 5.88 Å². The molecule has 0 saturated heterocycles. The molecule has 10 nitrogen and oxygen atoms in total. The van der Waals surface area contributed by atoms with Gasteiger partial charge in [0.05, 0.1) is 17.1 Å².